The lowest BCUT2D eigenvalue weighted by atomic mass is 10.4. The minimum Gasteiger partial charge on any atom is -0.368 e. The molecule has 3 aromatic heterocycles. The zero-order valence-corrected chi connectivity index (χ0v) is 11.0. The second kappa shape index (κ2) is 5.47. The van der Waals surface area contributed by atoms with Crippen LogP contribution < -0.4 is 10.6 Å². The van der Waals surface area contributed by atoms with Gasteiger partial charge in [-0.15, -0.1) is 0 Å². The Balaban J connectivity index is 1.60. The second-order valence-corrected chi connectivity index (χ2v) is 4.17. The Hall–Kier alpha value is -2.77. The van der Waals surface area contributed by atoms with E-state index in [4.69, 9.17) is 0 Å². The summed E-state index contributed by atoms with van der Waals surface area (Å²) >= 11 is 0. The molecule has 0 aliphatic rings. The Morgan fingerprint density at radius 2 is 1.95 bits per heavy atom. The predicted molar refractivity (Wildman–Crippen MR) is 75.3 cm³/mol. The average molecular weight is 270 g/mol. The molecule has 8 nitrogen and oxygen atoms in total. The molecule has 0 amide bonds. The minimum absolute atomic E-state index is 0.706. The summed E-state index contributed by atoms with van der Waals surface area (Å²) in [6.07, 6.45) is 8.27. The first-order valence-electron chi connectivity index (χ1n) is 6.21. The number of fused-ring (bicyclic) bond motifs is 1. The minimum atomic E-state index is 0.706. The van der Waals surface area contributed by atoms with E-state index in [0.29, 0.717) is 13.1 Å². The van der Waals surface area contributed by atoms with Gasteiger partial charge < -0.3 is 10.6 Å². The first-order chi connectivity index (χ1) is 9.84. The van der Waals surface area contributed by atoms with E-state index in [1.807, 2.05) is 7.05 Å². The van der Waals surface area contributed by atoms with Crippen molar-refractivity contribution in [1.82, 2.24) is 29.7 Å². The van der Waals surface area contributed by atoms with Crippen LogP contribution in [0.2, 0.25) is 0 Å². The van der Waals surface area contributed by atoms with Gasteiger partial charge in [-0.25, -0.2) is 15.0 Å². The normalized spacial score (nSPS) is 10.7. The molecule has 0 radical (unpaired) electrons. The van der Waals surface area contributed by atoms with Crippen molar-refractivity contribution in [1.29, 1.82) is 0 Å². The third-order valence-corrected chi connectivity index (χ3v) is 2.82. The highest BCUT2D eigenvalue weighted by Crippen LogP contribution is 2.17. The molecule has 0 saturated carbocycles. The van der Waals surface area contributed by atoms with E-state index in [2.05, 4.69) is 35.7 Å². The molecule has 2 N–H and O–H groups in total. The lowest BCUT2D eigenvalue weighted by Crippen LogP contribution is -2.15. The Kier molecular flexibility index (Phi) is 3.36. The zero-order chi connectivity index (χ0) is 13.8. The monoisotopic (exact) mass is 270 g/mol. The number of hydrogen-bond acceptors (Lipinski definition) is 7. The van der Waals surface area contributed by atoms with Crippen LogP contribution in [0.4, 0.5) is 11.6 Å². The van der Waals surface area contributed by atoms with Gasteiger partial charge in [-0.3, -0.25) is 9.67 Å². The van der Waals surface area contributed by atoms with Crippen LogP contribution in [-0.2, 0) is 7.05 Å². The van der Waals surface area contributed by atoms with Crippen LogP contribution in [0.3, 0.4) is 0 Å². The van der Waals surface area contributed by atoms with Crippen molar-refractivity contribution in [2.45, 2.75) is 0 Å². The lowest BCUT2D eigenvalue weighted by molar-refractivity contribution is 0.785. The number of hydrogen-bond donors (Lipinski definition) is 2. The van der Waals surface area contributed by atoms with Gasteiger partial charge in [0.1, 0.15) is 18.0 Å². The van der Waals surface area contributed by atoms with Gasteiger partial charge >= 0.3 is 0 Å². The molecule has 0 bridgehead atoms. The highest BCUT2D eigenvalue weighted by atomic mass is 15.3. The van der Waals surface area contributed by atoms with Gasteiger partial charge in [-0.1, -0.05) is 0 Å². The third kappa shape index (κ3) is 2.48. The topological polar surface area (TPSA) is 93.4 Å². The molecule has 8 heteroatoms. The van der Waals surface area contributed by atoms with E-state index in [0.717, 1.165) is 22.7 Å². The summed E-state index contributed by atoms with van der Waals surface area (Å²) < 4.78 is 1.72. The molecule has 3 aromatic rings. The summed E-state index contributed by atoms with van der Waals surface area (Å²) in [5.41, 5.74) is 0.810. The summed E-state index contributed by atoms with van der Waals surface area (Å²) in [5.74, 6) is 1.53. The van der Waals surface area contributed by atoms with Crippen LogP contribution in [-0.4, -0.2) is 42.8 Å². The Morgan fingerprint density at radius 3 is 2.80 bits per heavy atom. The van der Waals surface area contributed by atoms with Crippen LogP contribution in [0, 0.1) is 0 Å². The number of aromatic nitrogens is 6. The fourth-order valence-corrected chi connectivity index (χ4v) is 1.86. The van der Waals surface area contributed by atoms with Crippen molar-refractivity contribution in [3.05, 3.63) is 31.1 Å². The molecular formula is C12H14N8. The summed E-state index contributed by atoms with van der Waals surface area (Å²) in [5, 5.41) is 11.5. The van der Waals surface area contributed by atoms with Crippen molar-refractivity contribution in [3.8, 4) is 0 Å². The molecule has 0 spiro atoms. The van der Waals surface area contributed by atoms with E-state index in [1.54, 1.807) is 29.5 Å². The fraction of sp³-hybridized carbons (Fsp3) is 0.250. The van der Waals surface area contributed by atoms with Crippen LogP contribution in [0.1, 0.15) is 0 Å². The number of nitrogens with one attached hydrogen (secondary N) is 2. The largest absolute Gasteiger partial charge is 0.368 e. The van der Waals surface area contributed by atoms with Gasteiger partial charge in [0.2, 0.25) is 0 Å². The van der Waals surface area contributed by atoms with Crippen molar-refractivity contribution >= 4 is 22.7 Å². The first kappa shape index (κ1) is 12.3. The average Bonchev–Trinajstić information content (AvgIpc) is 2.87. The molecular weight excluding hydrogens is 256 g/mol. The van der Waals surface area contributed by atoms with E-state index in [-0.39, 0.29) is 0 Å². The fourth-order valence-electron chi connectivity index (χ4n) is 1.86. The molecule has 0 atom stereocenters. The van der Waals surface area contributed by atoms with Gasteiger partial charge in [-0.2, -0.15) is 5.10 Å². The molecule has 3 rings (SSSR count). The maximum absolute atomic E-state index is 4.23. The van der Waals surface area contributed by atoms with Crippen LogP contribution in [0.5, 0.6) is 0 Å². The van der Waals surface area contributed by atoms with Crippen molar-refractivity contribution in [2.75, 3.05) is 23.7 Å². The van der Waals surface area contributed by atoms with E-state index >= 15 is 0 Å². The first-order valence-corrected chi connectivity index (χ1v) is 6.21. The predicted octanol–water partition coefficient (Wildman–Crippen LogP) is 0.677. The van der Waals surface area contributed by atoms with E-state index in [1.165, 1.54) is 6.33 Å². The van der Waals surface area contributed by atoms with Gasteiger partial charge in [0.15, 0.2) is 5.65 Å². The number of nitrogens with zero attached hydrogens (tertiary/aromatic N) is 6. The van der Waals surface area contributed by atoms with Crippen LogP contribution in [0.25, 0.3) is 11.0 Å². The highest BCUT2D eigenvalue weighted by molar-refractivity contribution is 5.85. The second-order valence-electron chi connectivity index (χ2n) is 4.17. The van der Waals surface area contributed by atoms with Crippen molar-refractivity contribution in [2.24, 2.45) is 7.05 Å². The van der Waals surface area contributed by atoms with Crippen molar-refractivity contribution in [3.63, 3.8) is 0 Å². The Bertz CT molecular complexity index is 693. The molecule has 20 heavy (non-hydrogen) atoms. The van der Waals surface area contributed by atoms with Gasteiger partial charge in [0.05, 0.1) is 17.8 Å². The molecule has 0 saturated heterocycles. The van der Waals surface area contributed by atoms with Crippen LogP contribution in [0.15, 0.2) is 31.1 Å². The van der Waals surface area contributed by atoms with Gasteiger partial charge in [-0.05, 0) is 0 Å². The van der Waals surface area contributed by atoms with Crippen molar-refractivity contribution < 1.29 is 0 Å². The summed E-state index contributed by atoms with van der Waals surface area (Å²) in [6.45, 7) is 1.42. The van der Waals surface area contributed by atoms with Crippen LogP contribution >= 0.6 is 0 Å². The SMILES string of the molecule is Cn1ncc2c(NCCNc3cnccn3)ncnc21. The number of anilines is 2. The van der Waals surface area contributed by atoms with Gasteiger partial charge in [0.25, 0.3) is 0 Å². The quantitative estimate of drug-likeness (QED) is 0.658. The van der Waals surface area contributed by atoms with Gasteiger partial charge in [0, 0.05) is 32.5 Å². The Labute approximate surface area is 115 Å². The van der Waals surface area contributed by atoms with E-state index in [9.17, 15) is 0 Å². The molecule has 0 aliphatic carbocycles. The molecule has 0 aromatic carbocycles. The molecule has 102 valence electrons. The summed E-state index contributed by atoms with van der Waals surface area (Å²) in [7, 11) is 1.86. The Morgan fingerprint density at radius 1 is 1.05 bits per heavy atom. The standard InChI is InChI=1S/C12H14N8/c1-20-12-9(6-19-20)11(17-8-18-12)16-5-4-15-10-7-13-2-3-14-10/h2-3,6-8H,4-5H2,1H3,(H,14,15)(H,16,17,18). The highest BCUT2D eigenvalue weighted by Gasteiger charge is 2.06. The summed E-state index contributed by atoms with van der Waals surface area (Å²) in [4.78, 5) is 16.6. The van der Waals surface area contributed by atoms with E-state index < -0.39 is 0 Å². The molecule has 0 unspecified atom stereocenters. The molecule has 0 fully saturated rings. The number of rotatable bonds is 5. The smallest absolute Gasteiger partial charge is 0.163 e. The molecule has 3 heterocycles. The summed E-state index contributed by atoms with van der Waals surface area (Å²) in [6, 6.07) is 0. The number of aryl methyl sites for hydroxylation is 1. The zero-order valence-electron chi connectivity index (χ0n) is 11.0. The lowest BCUT2D eigenvalue weighted by Gasteiger charge is -2.07. The maximum atomic E-state index is 4.23. The maximum Gasteiger partial charge on any atom is 0.163 e. The third-order valence-electron chi connectivity index (χ3n) is 2.82. The molecule has 0 aliphatic heterocycles.